The van der Waals surface area contributed by atoms with Crippen LogP contribution in [0.1, 0.15) is 28.8 Å². The molecule has 1 aliphatic rings. The van der Waals surface area contributed by atoms with Crippen molar-refractivity contribution in [2.75, 3.05) is 14.2 Å². The third-order valence-corrected chi connectivity index (χ3v) is 3.20. The molecule has 100 valence electrons. The second-order valence-corrected chi connectivity index (χ2v) is 4.30. The summed E-state index contributed by atoms with van der Waals surface area (Å²) in [6, 6.07) is 2.85. The molecule has 0 atom stereocenters. The first-order valence-corrected chi connectivity index (χ1v) is 5.67. The first kappa shape index (κ1) is 13.1. The van der Waals surface area contributed by atoms with E-state index in [-0.39, 0.29) is 17.1 Å². The van der Waals surface area contributed by atoms with Crippen molar-refractivity contribution in [3.05, 3.63) is 23.3 Å². The topological polar surface area (TPSA) is 85.2 Å². The lowest BCUT2D eigenvalue weighted by atomic mass is 10.0. The van der Waals surface area contributed by atoms with E-state index < -0.39 is 11.5 Å². The Morgan fingerprint density at radius 3 is 2.58 bits per heavy atom. The Hall–Kier alpha value is -2.33. The number of ether oxygens (including phenoxy) is 2. The maximum Gasteiger partial charge on any atom is 0.337 e. The summed E-state index contributed by atoms with van der Waals surface area (Å²) >= 11 is 0. The molecule has 0 aliphatic heterocycles. The Morgan fingerprint density at radius 2 is 2.11 bits per heavy atom. The highest BCUT2D eigenvalue weighted by Gasteiger charge is 2.47. The van der Waals surface area contributed by atoms with Gasteiger partial charge in [0.25, 0.3) is 0 Å². The van der Waals surface area contributed by atoms with E-state index in [9.17, 15) is 14.7 Å². The normalized spacial score (nSPS) is 15.3. The average Bonchev–Trinajstić information content (AvgIpc) is 3.19. The largest absolute Gasteiger partial charge is 0.504 e. The minimum absolute atomic E-state index is 0.119. The molecule has 6 heteroatoms. The molecule has 6 nitrogen and oxygen atoms in total. The van der Waals surface area contributed by atoms with E-state index in [0.29, 0.717) is 18.4 Å². The van der Waals surface area contributed by atoms with Crippen LogP contribution in [-0.2, 0) is 15.1 Å². The molecule has 0 amide bonds. The van der Waals surface area contributed by atoms with Crippen LogP contribution in [0.5, 0.6) is 11.5 Å². The number of isocyanates is 1. The molecule has 0 unspecified atom stereocenters. The molecule has 1 aromatic rings. The van der Waals surface area contributed by atoms with Crippen molar-refractivity contribution in [2.45, 2.75) is 18.4 Å². The fourth-order valence-electron chi connectivity index (χ4n) is 2.00. The van der Waals surface area contributed by atoms with E-state index in [1.165, 1.54) is 32.4 Å². The van der Waals surface area contributed by atoms with Gasteiger partial charge < -0.3 is 14.6 Å². The van der Waals surface area contributed by atoms with Gasteiger partial charge in [0.15, 0.2) is 11.5 Å². The van der Waals surface area contributed by atoms with E-state index in [0.717, 1.165) is 0 Å². The number of hydrogen-bond donors (Lipinski definition) is 1. The average molecular weight is 263 g/mol. The zero-order valence-electron chi connectivity index (χ0n) is 10.6. The van der Waals surface area contributed by atoms with Crippen LogP contribution in [0.25, 0.3) is 0 Å². The second kappa shape index (κ2) is 4.74. The molecular formula is C13H13NO5. The van der Waals surface area contributed by atoms with Crippen molar-refractivity contribution >= 4 is 12.0 Å². The Kier molecular flexibility index (Phi) is 3.27. The van der Waals surface area contributed by atoms with Gasteiger partial charge in [0.2, 0.25) is 6.08 Å². The minimum atomic E-state index is -0.789. The number of rotatable bonds is 4. The summed E-state index contributed by atoms with van der Waals surface area (Å²) in [5.41, 5.74) is -0.168. The molecule has 0 radical (unpaired) electrons. The van der Waals surface area contributed by atoms with E-state index in [1.54, 1.807) is 0 Å². The number of benzene rings is 1. The fraction of sp³-hybridized carbons (Fsp3) is 0.385. The van der Waals surface area contributed by atoms with Gasteiger partial charge in [-0.05, 0) is 25.0 Å². The van der Waals surface area contributed by atoms with Crippen LogP contribution in [0.2, 0.25) is 0 Å². The van der Waals surface area contributed by atoms with Crippen LogP contribution < -0.4 is 4.74 Å². The molecule has 2 rings (SSSR count). The number of phenols is 1. The molecule has 0 aromatic heterocycles. The third-order valence-electron chi connectivity index (χ3n) is 3.20. The number of esters is 1. The van der Waals surface area contributed by atoms with Gasteiger partial charge in [-0.1, -0.05) is 0 Å². The van der Waals surface area contributed by atoms with Gasteiger partial charge in [-0.25, -0.2) is 9.59 Å². The van der Waals surface area contributed by atoms with Crippen LogP contribution in [0, 0.1) is 0 Å². The van der Waals surface area contributed by atoms with Crippen LogP contribution >= 0.6 is 0 Å². The van der Waals surface area contributed by atoms with Gasteiger partial charge in [0, 0.05) is 5.56 Å². The Morgan fingerprint density at radius 1 is 1.42 bits per heavy atom. The second-order valence-electron chi connectivity index (χ2n) is 4.30. The quantitative estimate of drug-likeness (QED) is 0.505. The lowest BCUT2D eigenvalue weighted by molar-refractivity contribution is 0.0600. The molecule has 1 aromatic carbocycles. The van der Waals surface area contributed by atoms with E-state index in [4.69, 9.17) is 4.74 Å². The van der Waals surface area contributed by atoms with Gasteiger partial charge >= 0.3 is 5.97 Å². The molecule has 1 N–H and O–H groups in total. The summed E-state index contributed by atoms with van der Waals surface area (Å²) < 4.78 is 9.66. The fourth-order valence-corrected chi connectivity index (χ4v) is 2.00. The van der Waals surface area contributed by atoms with Crippen LogP contribution in [0.4, 0.5) is 0 Å². The Labute approximate surface area is 109 Å². The lowest BCUT2D eigenvalue weighted by Gasteiger charge is -2.15. The SMILES string of the molecule is COC(=O)c1cc(OC)c(O)c(C2(N=C=O)CC2)c1. The van der Waals surface area contributed by atoms with Gasteiger partial charge in [-0.2, -0.15) is 4.99 Å². The summed E-state index contributed by atoms with van der Waals surface area (Å²) in [6.07, 6.45) is 2.73. The summed E-state index contributed by atoms with van der Waals surface area (Å²) in [5, 5.41) is 10.1. The van der Waals surface area contributed by atoms with Crippen molar-refractivity contribution in [1.29, 1.82) is 0 Å². The summed E-state index contributed by atoms with van der Waals surface area (Å²) in [6.45, 7) is 0. The zero-order valence-corrected chi connectivity index (χ0v) is 10.6. The Bertz CT molecular complexity index is 571. The first-order chi connectivity index (χ1) is 9.07. The monoisotopic (exact) mass is 263 g/mol. The number of aliphatic imine (C=N–C) groups is 1. The summed E-state index contributed by atoms with van der Waals surface area (Å²) in [5.74, 6) is -0.526. The summed E-state index contributed by atoms with van der Waals surface area (Å²) in [7, 11) is 2.64. The van der Waals surface area contributed by atoms with Crippen LogP contribution in [0.15, 0.2) is 17.1 Å². The highest BCUT2D eigenvalue weighted by Crippen LogP contribution is 2.54. The number of carbonyl (C=O) groups is 1. The van der Waals surface area contributed by atoms with Crippen molar-refractivity contribution in [3.8, 4) is 11.5 Å². The molecular weight excluding hydrogens is 250 g/mol. The highest BCUT2D eigenvalue weighted by atomic mass is 16.5. The number of carbonyl (C=O) groups excluding carboxylic acids is 2. The van der Waals surface area contributed by atoms with E-state index in [1.807, 2.05) is 0 Å². The lowest BCUT2D eigenvalue weighted by Crippen LogP contribution is -2.08. The predicted molar refractivity (Wildman–Crippen MR) is 65.0 cm³/mol. The first-order valence-electron chi connectivity index (χ1n) is 5.67. The number of aromatic hydroxyl groups is 1. The molecule has 1 saturated carbocycles. The predicted octanol–water partition coefficient (Wildman–Crippen LogP) is 1.51. The van der Waals surface area contributed by atoms with Crippen molar-refractivity contribution in [1.82, 2.24) is 0 Å². The van der Waals surface area contributed by atoms with Crippen LogP contribution in [0.3, 0.4) is 0 Å². The van der Waals surface area contributed by atoms with E-state index in [2.05, 4.69) is 9.73 Å². The number of methoxy groups -OCH3 is 2. The number of hydrogen-bond acceptors (Lipinski definition) is 6. The maximum absolute atomic E-state index is 11.6. The molecule has 1 fully saturated rings. The van der Waals surface area contributed by atoms with Crippen molar-refractivity contribution < 1.29 is 24.2 Å². The van der Waals surface area contributed by atoms with E-state index >= 15 is 0 Å². The van der Waals surface area contributed by atoms with Gasteiger partial charge in [0.1, 0.15) is 5.54 Å². The molecule has 0 spiro atoms. The Balaban J connectivity index is 2.59. The van der Waals surface area contributed by atoms with Crippen LogP contribution in [-0.4, -0.2) is 31.4 Å². The minimum Gasteiger partial charge on any atom is -0.504 e. The molecule has 0 bridgehead atoms. The molecule has 1 aliphatic carbocycles. The number of phenolic OH excluding ortho intramolecular Hbond substituents is 1. The van der Waals surface area contributed by atoms with Gasteiger partial charge in [-0.15, -0.1) is 0 Å². The van der Waals surface area contributed by atoms with Crippen molar-refractivity contribution in [3.63, 3.8) is 0 Å². The molecule has 0 heterocycles. The van der Waals surface area contributed by atoms with Gasteiger partial charge in [-0.3, -0.25) is 0 Å². The molecule has 0 saturated heterocycles. The maximum atomic E-state index is 11.6. The van der Waals surface area contributed by atoms with Crippen molar-refractivity contribution in [2.24, 2.45) is 4.99 Å². The summed E-state index contributed by atoms with van der Waals surface area (Å²) in [4.78, 5) is 25.8. The van der Waals surface area contributed by atoms with Gasteiger partial charge in [0.05, 0.1) is 19.8 Å². The third kappa shape index (κ3) is 2.18. The number of nitrogens with zero attached hydrogens (tertiary/aromatic N) is 1. The molecule has 19 heavy (non-hydrogen) atoms. The zero-order chi connectivity index (χ0) is 14.0. The smallest absolute Gasteiger partial charge is 0.337 e. The highest BCUT2D eigenvalue weighted by molar-refractivity contribution is 5.90. The standard InChI is InChI=1S/C13H13NO5/c1-18-10-6-8(12(17)19-2)5-9(11(10)16)13(3-4-13)14-7-15/h5-6,16H,3-4H2,1-2H3.